The first-order chi connectivity index (χ1) is 17.2. The number of hydrogen-bond acceptors (Lipinski definition) is 7. The molecule has 0 radical (unpaired) electrons. The molecule has 0 bridgehead atoms. The van der Waals surface area contributed by atoms with Crippen LogP contribution in [0.3, 0.4) is 0 Å². The van der Waals surface area contributed by atoms with Crippen molar-refractivity contribution in [2.75, 3.05) is 46.0 Å². The van der Waals surface area contributed by atoms with Crippen molar-refractivity contribution in [3.05, 3.63) is 62.4 Å². The van der Waals surface area contributed by atoms with Crippen LogP contribution in [0.5, 0.6) is 0 Å². The average molecular weight is 560 g/mol. The first kappa shape index (κ1) is 26.1. The number of carbonyl (C=O) groups excluding carboxylic acids is 3. The van der Waals surface area contributed by atoms with Gasteiger partial charge in [0.25, 0.3) is 11.7 Å². The number of benzene rings is 1. The lowest BCUT2D eigenvalue weighted by molar-refractivity contribution is -0.140. The number of nitrogens with one attached hydrogen (secondary N) is 1. The number of hydrogen-bond donors (Lipinski definition) is 2. The molecule has 9 nitrogen and oxygen atoms in total. The molecule has 0 spiro atoms. The molecule has 1 amide bonds. The number of esters is 1. The molecular weight excluding hydrogens is 530 g/mol. The summed E-state index contributed by atoms with van der Waals surface area (Å²) in [5, 5.41) is 11.5. The molecule has 1 unspecified atom stereocenters. The summed E-state index contributed by atoms with van der Waals surface area (Å²) >= 11 is 3.43. The number of rotatable bonds is 7. The zero-order valence-corrected chi connectivity index (χ0v) is 22.2. The van der Waals surface area contributed by atoms with E-state index in [0.29, 0.717) is 48.7 Å². The van der Waals surface area contributed by atoms with Crippen molar-refractivity contribution in [3.8, 4) is 0 Å². The lowest BCUT2D eigenvalue weighted by atomic mass is 9.94. The van der Waals surface area contributed by atoms with E-state index in [-0.39, 0.29) is 23.6 Å². The van der Waals surface area contributed by atoms with Gasteiger partial charge >= 0.3 is 5.97 Å². The maximum absolute atomic E-state index is 13.3. The Hall–Kier alpha value is -2.95. The Morgan fingerprint density at radius 2 is 1.83 bits per heavy atom. The molecule has 0 saturated carbocycles. The lowest BCUT2D eigenvalue weighted by Crippen LogP contribution is -2.42. The third-order valence-corrected chi connectivity index (χ3v) is 7.17. The fraction of sp³-hybridized carbons (Fsp3) is 0.423. The van der Waals surface area contributed by atoms with Gasteiger partial charge in [0.05, 0.1) is 31.4 Å². The van der Waals surface area contributed by atoms with Crippen molar-refractivity contribution in [3.63, 3.8) is 0 Å². The highest BCUT2D eigenvalue weighted by atomic mass is 79.9. The standard InChI is InChI=1S/C26H30BrN3O6/c1-4-36-26(34)21-15(2)19(16(3)28-21)23(31)20-22(17-5-7-18(27)8-6-17)30(25(33)24(20)32)10-9-29-11-13-35-14-12-29/h5-8,22,28,31H,4,9-14H2,1-3H3/b23-20+. The van der Waals surface area contributed by atoms with Crippen LogP contribution in [0, 0.1) is 13.8 Å². The van der Waals surface area contributed by atoms with Crippen molar-refractivity contribution in [1.29, 1.82) is 0 Å². The highest BCUT2D eigenvalue weighted by molar-refractivity contribution is 9.10. The molecule has 2 aliphatic heterocycles. The van der Waals surface area contributed by atoms with E-state index in [1.807, 2.05) is 24.3 Å². The monoisotopic (exact) mass is 559 g/mol. The minimum atomic E-state index is -0.765. The second kappa shape index (κ2) is 11.0. The zero-order chi connectivity index (χ0) is 26.0. The van der Waals surface area contributed by atoms with E-state index < -0.39 is 23.7 Å². The van der Waals surface area contributed by atoms with Gasteiger partial charge in [-0.3, -0.25) is 14.5 Å². The minimum Gasteiger partial charge on any atom is -0.507 e. The van der Waals surface area contributed by atoms with E-state index in [2.05, 4.69) is 25.8 Å². The number of likely N-dealkylation sites (tertiary alicyclic amines) is 1. The van der Waals surface area contributed by atoms with E-state index in [0.717, 1.165) is 17.6 Å². The van der Waals surface area contributed by atoms with Crippen molar-refractivity contribution >= 4 is 39.3 Å². The van der Waals surface area contributed by atoms with Crippen molar-refractivity contribution in [2.24, 2.45) is 0 Å². The first-order valence-corrected chi connectivity index (χ1v) is 12.7. The van der Waals surface area contributed by atoms with Crippen LogP contribution in [0.15, 0.2) is 34.3 Å². The Kier molecular flexibility index (Phi) is 7.97. The first-order valence-electron chi connectivity index (χ1n) is 11.9. The van der Waals surface area contributed by atoms with Crippen LogP contribution in [0.4, 0.5) is 0 Å². The Balaban J connectivity index is 1.78. The molecule has 2 aliphatic rings. The summed E-state index contributed by atoms with van der Waals surface area (Å²) in [7, 11) is 0. The Morgan fingerprint density at radius 1 is 1.17 bits per heavy atom. The number of aliphatic hydroxyl groups excluding tert-OH is 1. The van der Waals surface area contributed by atoms with E-state index in [4.69, 9.17) is 9.47 Å². The third-order valence-electron chi connectivity index (χ3n) is 6.64. The number of carbonyl (C=O) groups is 3. The predicted molar refractivity (Wildman–Crippen MR) is 137 cm³/mol. The summed E-state index contributed by atoms with van der Waals surface area (Å²) in [6, 6.07) is 6.57. The van der Waals surface area contributed by atoms with Gasteiger partial charge in [-0.05, 0) is 44.0 Å². The Morgan fingerprint density at radius 3 is 2.47 bits per heavy atom. The van der Waals surface area contributed by atoms with Crippen LogP contribution in [0.2, 0.25) is 0 Å². The SMILES string of the molecule is CCOC(=O)c1[nH]c(C)c(/C(O)=C2\C(=O)C(=O)N(CCN3CCOCC3)C2c2ccc(Br)cc2)c1C. The van der Waals surface area contributed by atoms with Crippen LogP contribution in [-0.4, -0.2) is 83.5 Å². The molecule has 10 heteroatoms. The van der Waals surface area contributed by atoms with Gasteiger partial charge in [-0.25, -0.2) is 4.79 Å². The van der Waals surface area contributed by atoms with Crippen LogP contribution < -0.4 is 0 Å². The number of halogens is 1. The highest BCUT2D eigenvalue weighted by Crippen LogP contribution is 2.41. The largest absolute Gasteiger partial charge is 0.507 e. The number of amides is 1. The number of morpholine rings is 1. The maximum Gasteiger partial charge on any atom is 0.355 e. The molecule has 0 aliphatic carbocycles. The van der Waals surface area contributed by atoms with Crippen LogP contribution in [0.25, 0.3) is 5.76 Å². The fourth-order valence-electron chi connectivity index (χ4n) is 4.82. The van der Waals surface area contributed by atoms with Gasteiger partial charge in [0.1, 0.15) is 11.5 Å². The topological polar surface area (TPSA) is 112 Å². The third kappa shape index (κ3) is 4.98. The van der Waals surface area contributed by atoms with Gasteiger partial charge in [-0.2, -0.15) is 0 Å². The molecule has 2 saturated heterocycles. The number of ketones is 1. The molecule has 4 rings (SSSR count). The van der Waals surface area contributed by atoms with E-state index in [9.17, 15) is 19.5 Å². The summed E-state index contributed by atoms with van der Waals surface area (Å²) in [5.74, 6) is -2.27. The van der Waals surface area contributed by atoms with E-state index >= 15 is 0 Å². The molecule has 2 aromatic rings. The van der Waals surface area contributed by atoms with Gasteiger partial charge in [-0.1, -0.05) is 28.1 Å². The zero-order valence-electron chi connectivity index (χ0n) is 20.6. The number of nitrogens with zero attached hydrogens (tertiary/aromatic N) is 2. The molecule has 192 valence electrons. The van der Waals surface area contributed by atoms with Gasteiger partial charge < -0.3 is 24.5 Å². The van der Waals surface area contributed by atoms with E-state index in [1.54, 1.807) is 20.8 Å². The summed E-state index contributed by atoms with van der Waals surface area (Å²) in [6.07, 6.45) is 0. The molecule has 1 aromatic heterocycles. The average Bonchev–Trinajstić information content (AvgIpc) is 3.30. The number of aromatic amines is 1. The maximum atomic E-state index is 13.3. The molecule has 2 N–H and O–H groups in total. The lowest BCUT2D eigenvalue weighted by Gasteiger charge is -2.31. The molecule has 1 atom stereocenters. The van der Waals surface area contributed by atoms with E-state index in [1.165, 1.54) is 4.90 Å². The normalized spacial score (nSPS) is 20.2. The number of aryl methyl sites for hydroxylation is 1. The Labute approximate surface area is 218 Å². The summed E-state index contributed by atoms with van der Waals surface area (Å²) in [5.41, 5.74) is 2.20. The van der Waals surface area contributed by atoms with Crippen LogP contribution >= 0.6 is 15.9 Å². The smallest absolute Gasteiger partial charge is 0.355 e. The second-order valence-corrected chi connectivity index (χ2v) is 9.76. The molecule has 36 heavy (non-hydrogen) atoms. The fourth-order valence-corrected chi connectivity index (χ4v) is 5.09. The number of H-pyrrole nitrogens is 1. The molecule has 1 aromatic carbocycles. The second-order valence-electron chi connectivity index (χ2n) is 8.84. The number of Topliss-reactive ketones (excluding diaryl/α,β-unsaturated/α-hetero) is 1. The Bertz CT molecular complexity index is 1200. The molecule has 2 fully saturated rings. The quantitative estimate of drug-likeness (QED) is 0.231. The highest BCUT2D eigenvalue weighted by Gasteiger charge is 2.46. The van der Waals surface area contributed by atoms with Crippen LogP contribution in [0.1, 0.15) is 45.8 Å². The van der Waals surface area contributed by atoms with Gasteiger partial charge in [0.15, 0.2) is 0 Å². The summed E-state index contributed by atoms with van der Waals surface area (Å²) in [4.78, 5) is 45.7. The number of aliphatic hydroxyl groups is 1. The van der Waals surface area contributed by atoms with Gasteiger partial charge in [-0.15, -0.1) is 0 Å². The predicted octanol–water partition coefficient (Wildman–Crippen LogP) is 3.32. The molecule has 3 heterocycles. The summed E-state index contributed by atoms with van der Waals surface area (Å²) in [6.45, 7) is 8.96. The number of aromatic nitrogens is 1. The number of ether oxygens (including phenoxy) is 2. The molecular formula is C26H30BrN3O6. The summed E-state index contributed by atoms with van der Waals surface area (Å²) < 4.78 is 11.4. The van der Waals surface area contributed by atoms with Crippen LogP contribution in [-0.2, 0) is 19.1 Å². The van der Waals surface area contributed by atoms with Crippen molar-refractivity contribution in [1.82, 2.24) is 14.8 Å². The van der Waals surface area contributed by atoms with Gasteiger partial charge in [0.2, 0.25) is 0 Å². The van der Waals surface area contributed by atoms with Crippen molar-refractivity contribution in [2.45, 2.75) is 26.8 Å². The minimum absolute atomic E-state index is 0.00455. The van der Waals surface area contributed by atoms with Crippen molar-refractivity contribution < 1.29 is 29.0 Å². The van der Waals surface area contributed by atoms with Gasteiger partial charge in [0, 0.05) is 41.9 Å².